The summed E-state index contributed by atoms with van der Waals surface area (Å²) < 4.78 is 23.3. The van der Waals surface area contributed by atoms with E-state index < -0.39 is 23.4 Å². The molecular formula is C25H23FN8O4. The number of amides is 3. The Morgan fingerprint density at radius 1 is 1.08 bits per heavy atom. The Balaban J connectivity index is 1.48. The van der Waals surface area contributed by atoms with Gasteiger partial charge in [-0.2, -0.15) is 0 Å². The van der Waals surface area contributed by atoms with Crippen molar-refractivity contribution in [3.63, 3.8) is 0 Å². The van der Waals surface area contributed by atoms with Crippen LogP contribution in [-0.2, 0) is 7.05 Å². The molecule has 3 amide bonds. The predicted octanol–water partition coefficient (Wildman–Crippen LogP) is 2.03. The van der Waals surface area contributed by atoms with E-state index in [-0.39, 0.29) is 41.7 Å². The Morgan fingerprint density at radius 2 is 1.84 bits per heavy atom. The highest BCUT2D eigenvalue weighted by molar-refractivity contribution is 6.06. The number of anilines is 2. The molecule has 4 aromatic rings. The number of benzene rings is 1. The average Bonchev–Trinajstić information content (AvgIpc) is 3.43. The number of aromatic nitrogens is 5. The molecular weight excluding hydrogens is 495 g/mol. The third kappa shape index (κ3) is 4.13. The first-order valence-corrected chi connectivity index (χ1v) is 11.5. The van der Waals surface area contributed by atoms with Gasteiger partial charge < -0.3 is 10.5 Å². The SMILES string of the molecule is COc1nn(C)c(=O)n1-c1ccc(-c2cc(C)nc(N3CCN(c4cccc(C(N)=O)c4)C3=O)c2F)nc1. The third-order valence-electron chi connectivity index (χ3n) is 6.13. The van der Waals surface area contributed by atoms with Gasteiger partial charge >= 0.3 is 17.7 Å². The quantitative estimate of drug-likeness (QED) is 0.412. The minimum atomic E-state index is -0.715. The Bertz CT molecular complexity index is 1630. The molecule has 2 N–H and O–H groups in total. The molecule has 0 atom stereocenters. The minimum absolute atomic E-state index is 0.0822. The smallest absolute Gasteiger partial charge is 0.353 e. The number of methoxy groups -OCH3 is 1. The van der Waals surface area contributed by atoms with Gasteiger partial charge in [-0.05, 0) is 43.3 Å². The monoisotopic (exact) mass is 518 g/mol. The number of carbonyl (C=O) groups is 2. The number of hydrogen-bond donors (Lipinski definition) is 1. The average molecular weight is 519 g/mol. The summed E-state index contributed by atoms with van der Waals surface area (Å²) in [4.78, 5) is 48.6. The van der Waals surface area contributed by atoms with Crippen molar-refractivity contribution in [1.29, 1.82) is 0 Å². The highest BCUT2D eigenvalue weighted by Gasteiger charge is 2.34. The first-order valence-electron chi connectivity index (χ1n) is 11.5. The van der Waals surface area contributed by atoms with Crippen LogP contribution in [0.3, 0.4) is 0 Å². The molecule has 3 aromatic heterocycles. The van der Waals surface area contributed by atoms with Crippen molar-refractivity contribution in [1.82, 2.24) is 24.3 Å². The van der Waals surface area contributed by atoms with Crippen LogP contribution in [-0.4, -0.2) is 56.5 Å². The van der Waals surface area contributed by atoms with Crippen LogP contribution in [0.4, 0.5) is 20.7 Å². The van der Waals surface area contributed by atoms with Crippen LogP contribution < -0.4 is 26.0 Å². The van der Waals surface area contributed by atoms with Crippen molar-refractivity contribution < 1.29 is 18.7 Å². The first-order chi connectivity index (χ1) is 18.2. The lowest BCUT2D eigenvalue weighted by Gasteiger charge is -2.20. The molecule has 12 nitrogen and oxygen atoms in total. The molecule has 4 heterocycles. The van der Waals surface area contributed by atoms with Gasteiger partial charge in [-0.3, -0.25) is 19.6 Å². The van der Waals surface area contributed by atoms with Gasteiger partial charge in [0.05, 0.1) is 24.7 Å². The molecule has 0 saturated carbocycles. The Kier molecular flexibility index (Phi) is 6.11. The summed E-state index contributed by atoms with van der Waals surface area (Å²) in [6.07, 6.45) is 1.41. The Morgan fingerprint density at radius 3 is 2.53 bits per heavy atom. The van der Waals surface area contributed by atoms with E-state index in [9.17, 15) is 14.4 Å². The zero-order chi connectivity index (χ0) is 27.1. The zero-order valence-electron chi connectivity index (χ0n) is 20.8. The molecule has 0 radical (unpaired) electrons. The van der Waals surface area contributed by atoms with E-state index in [4.69, 9.17) is 10.5 Å². The van der Waals surface area contributed by atoms with E-state index in [1.807, 2.05) is 0 Å². The maximum atomic E-state index is 15.8. The van der Waals surface area contributed by atoms with E-state index >= 15 is 4.39 Å². The van der Waals surface area contributed by atoms with Gasteiger partial charge in [0.2, 0.25) is 5.91 Å². The Labute approximate surface area is 215 Å². The summed E-state index contributed by atoms with van der Waals surface area (Å²) in [7, 11) is 2.89. The van der Waals surface area contributed by atoms with Crippen molar-refractivity contribution in [2.45, 2.75) is 6.92 Å². The third-order valence-corrected chi connectivity index (χ3v) is 6.13. The van der Waals surface area contributed by atoms with Crippen LogP contribution in [0.1, 0.15) is 16.1 Å². The molecule has 1 aromatic carbocycles. The molecule has 13 heteroatoms. The van der Waals surface area contributed by atoms with Crippen LogP contribution in [0.25, 0.3) is 16.9 Å². The molecule has 1 aliphatic heterocycles. The molecule has 1 fully saturated rings. The molecule has 0 unspecified atom stereocenters. The van der Waals surface area contributed by atoms with Gasteiger partial charge in [0.1, 0.15) is 0 Å². The number of aryl methyl sites for hydroxylation is 2. The van der Waals surface area contributed by atoms with Gasteiger partial charge in [0.25, 0.3) is 0 Å². The molecule has 38 heavy (non-hydrogen) atoms. The maximum absolute atomic E-state index is 15.8. The van der Waals surface area contributed by atoms with Crippen LogP contribution in [0, 0.1) is 12.7 Å². The van der Waals surface area contributed by atoms with E-state index in [1.165, 1.54) is 46.9 Å². The van der Waals surface area contributed by atoms with Gasteiger partial charge in [0.15, 0.2) is 11.6 Å². The molecule has 1 aliphatic rings. The van der Waals surface area contributed by atoms with Gasteiger partial charge in [-0.1, -0.05) is 6.07 Å². The van der Waals surface area contributed by atoms with Crippen LogP contribution in [0.2, 0.25) is 0 Å². The largest absolute Gasteiger partial charge is 0.467 e. The number of urea groups is 1. The summed E-state index contributed by atoms with van der Waals surface area (Å²) in [5, 5.41) is 4.00. The number of rotatable bonds is 6. The fourth-order valence-electron chi connectivity index (χ4n) is 4.28. The minimum Gasteiger partial charge on any atom is -0.467 e. The van der Waals surface area contributed by atoms with E-state index in [0.29, 0.717) is 17.1 Å². The highest BCUT2D eigenvalue weighted by atomic mass is 19.1. The molecule has 0 bridgehead atoms. The predicted molar refractivity (Wildman–Crippen MR) is 136 cm³/mol. The van der Waals surface area contributed by atoms with E-state index in [1.54, 1.807) is 37.3 Å². The number of halogens is 1. The molecule has 0 aliphatic carbocycles. The second-order valence-electron chi connectivity index (χ2n) is 8.58. The van der Waals surface area contributed by atoms with Crippen molar-refractivity contribution >= 4 is 23.4 Å². The second-order valence-corrected chi connectivity index (χ2v) is 8.58. The number of nitrogens with zero attached hydrogens (tertiary/aromatic N) is 7. The van der Waals surface area contributed by atoms with Crippen LogP contribution in [0.5, 0.6) is 6.01 Å². The second kappa shape index (κ2) is 9.42. The molecule has 1 saturated heterocycles. The van der Waals surface area contributed by atoms with E-state index in [2.05, 4.69) is 15.1 Å². The maximum Gasteiger partial charge on any atom is 0.353 e. The number of ether oxygens (including phenoxy) is 1. The lowest BCUT2D eigenvalue weighted by atomic mass is 10.1. The van der Waals surface area contributed by atoms with Crippen molar-refractivity contribution in [2.75, 3.05) is 30.0 Å². The number of carbonyl (C=O) groups excluding carboxylic acids is 2. The lowest BCUT2D eigenvalue weighted by molar-refractivity contribution is 0.1000. The number of nitrogens with two attached hydrogens (primary N) is 1. The van der Waals surface area contributed by atoms with Crippen LogP contribution >= 0.6 is 0 Å². The number of hydrogen-bond acceptors (Lipinski definition) is 7. The zero-order valence-corrected chi connectivity index (χ0v) is 20.8. The number of primary amides is 1. The molecule has 0 spiro atoms. The van der Waals surface area contributed by atoms with Gasteiger partial charge in [-0.15, -0.1) is 5.10 Å². The molecule has 5 rings (SSSR count). The normalized spacial score (nSPS) is 13.3. The standard InChI is InChI=1S/C25H23FN8O4/c1-14-11-18(19-8-7-17(13-28-19)34-23(38-3)30-31(2)24(34)36)20(26)22(29-14)33-10-9-32(25(33)37)16-6-4-5-15(12-16)21(27)35/h4-8,11-13H,9-10H2,1-3H3,(H2,27,35). The summed E-state index contributed by atoms with van der Waals surface area (Å²) in [6, 6.07) is 10.7. The van der Waals surface area contributed by atoms with Crippen molar-refractivity contribution in [2.24, 2.45) is 12.8 Å². The lowest BCUT2D eigenvalue weighted by Crippen LogP contribution is -2.33. The summed E-state index contributed by atoms with van der Waals surface area (Å²) in [5.41, 5.74) is 6.97. The Hall–Kier alpha value is -5.07. The molecule has 194 valence electrons. The van der Waals surface area contributed by atoms with Gasteiger partial charge in [0, 0.05) is 42.6 Å². The fraction of sp³-hybridized carbons (Fsp3) is 0.200. The first kappa shape index (κ1) is 24.6. The number of pyridine rings is 2. The summed E-state index contributed by atoms with van der Waals surface area (Å²) in [6.45, 7) is 2.14. The van der Waals surface area contributed by atoms with E-state index in [0.717, 1.165) is 4.68 Å². The van der Waals surface area contributed by atoms with Crippen LogP contribution in [0.15, 0.2) is 53.5 Å². The fourth-order valence-corrected chi connectivity index (χ4v) is 4.28. The summed E-state index contributed by atoms with van der Waals surface area (Å²) >= 11 is 0. The summed E-state index contributed by atoms with van der Waals surface area (Å²) in [5.74, 6) is -1.46. The van der Waals surface area contributed by atoms with Crippen molar-refractivity contribution in [3.8, 4) is 23.0 Å². The van der Waals surface area contributed by atoms with Crippen molar-refractivity contribution in [3.05, 3.63) is 76.2 Å². The van der Waals surface area contributed by atoms with Gasteiger partial charge in [-0.25, -0.2) is 28.2 Å². The topological polar surface area (TPSA) is 141 Å². The highest BCUT2D eigenvalue weighted by Crippen LogP contribution is 2.32.